The molecule has 0 N–H and O–H groups in total. The molecule has 0 aliphatic heterocycles. The largest absolute Gasteiger partial charge is 0.455 e. The van der Waals surface area contributed by atoms with E-state index in [1.165, 1.54) is 38.3 Å². The molecule has 2 heterocycles. The third kappa shape index (κ3) is 5.13. The summed E-state index contributed by atoms with van der Waals surface area (Å²) in [6.07, 6.45) is 0. The van der Waals surface area contributed by atoms with E-state index in [-0.39, 0.29) is 0 Å². The lowest BCUT2D eigenvalue weighted by atomic mass is 9.95. The van der Waals surface area contributed by atoms with Gasteiger partial charge in [0.05, 0.1) is 11.0 Å². The molecule has 0 bridgehead atoms. The summed E-state index contributed by atoms with van der Waals surface area (Å²) in [4.78, 5) is 2.35. The number of para-hydroxylation sites is 3. The van der Waals surface area contributed by atoms with Gasteiger partial charge in [-0.15, -0.1) is 0 Å². The van der Waals surface area contributed by atoms with Gasteiger partial charge in [0.2, 0.25) is 0 Å². The molecule has 0 atom stereocenters. The van der Waals surface area contributed by atoms with Gasteiger partial charge < -0.3 is 13.9 Å². The molecule has 55 heavy (non-hydrogen) atoms. The Labute approximate surface area is 318 Å². The van der Waals surface area contributed by atoms with Crippen LogP contribution in [0.2, 0.25) is 0 Å². The van der Waals surface area contributed by atoms with Crippen LogP contribution in [0.25, 0.3) is 82.5 Å². The number of anilines is 3. The molecule has 11 rings (SSSR count). The van der Waals surface area contributed by atoms with Gasteiger partial charge >= 0.3 is 0 Å². The highest BCUT2D eigenvalue weighted by Crippen LogP contribution is 2.43. The molecule has 3 heteroatoms. The van der Waals surface area contributed by atoms with Crippen LogP contribution in [0.1, 0.15) is 0 Å². The van der Waals surface area contributed by atoms with Crippen molar-refractivity contribution >= 4 is 71.6 Å². The molecule has 3 nitrogen and oxygen atoms in total. The molecule has 0 saturated carbocycles. The van der Waals surface area contributed by atoms with Crippen molar-refractivity contribution in [2.75, 3.05) is 4.90 Å². The second-order valence-electron chi connectivity index (χ2n) is 14.1. The Bertz CT molecular complexity index is 3180. The van der Waals surface area contributed by atoms with E-state index >= 15 is 0 Å². The first-order valence-electron chi connectivity index (χ1n) is 18.8. The van der Waals surface area contributed by atoms with Crippen molar-refractivity contribution < 1.29 is 4.42 Å². The molecular weight excluding hydrogens is 669 g/mol. The second-order valence-corrected chi connectivity index (χ2v) is 14.1. The van der Waals surface area contributed by atoms with E-state index in [0.717, 1.165) is 61.2 Å². The van der Waals surface area contributed by atoms with Crippen molar-refractivity contribution in [3.63, 3.8) is 0 Å². The molecule has 0 radical (unpaired) electrons. The number of hydrogen-bond acceptors (Lipinski definition) is 2. The monoisotopic (exact) mass is 702 g/mol. The topological polar surface area (TPSA) is 21.3 Å². The molecule has 0 spiro atoms. The molecule has 0 amide bonds. The van der Waals surface area contributed by atoms with Crippen LogP contribution in [0.5, 0.6) is 0 Å². The van der Waals surface area contributed by atoms with Crippen LogP contribution >= 0.6 is 0 Å². The molecule has 9 aromatic carbocycles. The molecule has 258 valence electrons. The van der Waals surface area contributed by atoms with Crippen molar-refractivity contribution in [1.82, 2.24) is 4.57 Å². The minimum atomic E-state index is 0.899. The molecule has 0 fully saturated rings. The van der Waals surface area contributed by atoms with Crippen molar-refractivity contribution in [1.29, 1.82) is 0 Å². The SMILES string of the molecule is c1ccc(-c2ccc3c(c2)oc2c4ccccc4c(-c4ccc(N(c5ccccc5)c5ccc6c(c5)c5ccccc5n6-c5ccccc5)cc4)cc32)cc1. The first-order chi connectivity index (χ1) is 27.3. The third-order valence-corrected chi connectivity index (χ3v) is 11.0. The molecule has 11 aromatic rings. The fraction of sp³-hybridized carbons (Fsp3) is 0. The summed E-state index contributed by atoms with van der Waals surface area (Å²) in [5.74, 6) is 0. The van der Waals surface area contributed by atoms with E-state index in [4.69, 9.17) is 4.42 Å². The van der Waals surface area contributed by atoms with Gasteiger partial charge in [-0.3, -0.25) is 0 Å². The van der Waals surface area contributed by atoms with Crippen molar-refractivity contribution in [2.24, 2.45) is 0 Å². The normalized spacial score (nSPS) is 11.6. The predicted octanol–water partition coefficient (Wildman–Crippen LogP) is 14.6. The van der Waals surface area contributed by atoms with E-state index < -0.39 is 0 Å². The zero-order chi connectivity index (χ0) is 36.3. The van der Waals surface area contributed by atoms with E-state index in [1.807, 2.05) is 6.07 Å². The third-order valence-electron chi connectivity index (χ3n) is 11.0. The minimum Gasteiger partial charge on any atom is -0.455 e. The summed E-state index contributed by atoms with van der Waals surface area (Å²) in [6.45, 7) is 0. The van der Waals surface area contributed by atoms with Gasteiger partial charge in [0, 0.05) is 49.7 Å². The molecule has 0 aliphatic rings. The van der Waals surface area contributed by atoms with Crippen molar-refractivity contribution in [3.8, 4) is 27.9 Å². The van der Waals surface area contributed by atoms with Gasteiger partial charge in [0.25, 0.3) is 0 Å². The number of aromatic nitrogens is 1. The van der Waals surface area contributed by atoms with Gasteiger partial charge in [-0.05, 0) is 107 Å². The predicted molar refractivity (Wildman–Crippen MR) is 231 cm³/mol. The Morgan fingerprint density at radius 1 is 0.345 bits per heavy atom. The first-order valence-corrected chi connectivity index (χ1v) is 18.8. The number of rotatable bonds is 6. The first kappa shape index (κ1) is 31.2. The number of fused-ring (bicyclic) bond motifs is 8. The van der Waals surface area contributed by atoms with E-state index in [2.05, 4.69) is 210 Å². The maximum Gasteiger partial charge on any atom is 0.143 e. The fourth-order valence-corrected chi connectivity index (χ4v) is 8.42. The second kappa shape index (κ2) is 12.6. The number of furan rings is 1. The Kier molecular flexibility index (Phi) is 7.17. The van der Waals surface area contributed by atoms with Crippen LogP contribution in [-0.4, -0.2) is 4.57 Å². The van der Waals surface area contributed by atoms with Crippen LogP contribution in [0.3, 0.4) is 0 Å². The molecule has 0 saturated heterocycles. The van der Waals surface area contributed by atoms with Gasteiger partial charge in [0.15, 0.2) is 0 Å². The van der Waals surface area contributed by atoms with Crippen LogP contribution in [0.4, 0.5) is 17.1 Å². The van der Waals surface area contributed by atoms with Crippen LogP contribution < -0.4 is 4.90 Å². The molecule has 2 aromatic heterocycles. The van der Waals surface area contributed by atoms with Gasteiger partial charge in [-0.2, -0.15) is 0 Å². The lowest BCUT2D eigenvalue weighted by Crippen LogP contribution is -2.09. The summed E-state index contributed by atoms with van der Waals surface area (Å²) in [6, 6.07) is 73.8. The van der Waals surface area contributed by atoms with Crippen LogP contribution in [0, 0.1) is 0 Å². The molecule has 0 unspecified atom stereocenters. The number of hydrogen-bond donors (Lipinski definition) is 0. The van der Waals surface area contributed by atoms with Crippen molar-refractivity contribution in [3.05, 3.63) is 206 Å². The highest BCUT2D eigenvalue weighted by Gasteiger charge is 2.19. The lowest BCUT2D eigenvalue weighted by Gasteiger charge is -2.26. The van der Waals surface area contributed by atoms with Gasteiger partial charge in [-0.1, -0.05) is 127 Å². The Morgan fingerprint density at radius 2 is 0.945 bits per heavy atom. The smallest absolute Gasteiger partial charge is 0.143 e. The van der Waals surface area contributed by atoms with E-state index in [0.29, 0.717) is 0 Å². The van der Waals surface area contributed by atoms with Gasteiger partial charge in [0.1, 0.15) is 11.2 Å². The van der Waals surface area contributed by atoms with Crippen molar-refractivity contribution in [2.45, 2.75) is 0 Å². The summed E-state index contributed by atoms with van der Waals surface area (Å²) in [5.41, 5.74) is 13.3. The van der Waals surface area contributed by atoms with Crippen LogP contribution in [-0.2, 0) is 0 Å². The minimum absolute atomic E-state index is 0.899. The Balaban J connectivity index is 1.04. The average Bonchev–Trinajstić information content (AvgIpc) is 3.80. The Morgan fingerprint density at radius 3 is 1.73 bits per heavy atom. The number of benzene rings is 9. The van der Waals surface area contributed by atoms with Crippen LogP contribution in [0.15, 0.2) is 211 Å². The fourth-order valence-electron chi connectivity index (χ4n) is 8.42. The summed E-state index contributed by atoms with van der Waals surface area (Å²) >= 11 is 0. The zero-order valence-electron chi connectivity index (χ0n) is 29.9. The maximum absolute atomic E-state index is 6.64. The highest BCUT2D eigenvalue weighted by molar-refractivity contribution is 6.19. The highest BCUT2D eigenvalue weighted by atomic mass is 16.3. The standard InChI is InChI=1S/C52H34N2O/c1-4-14-35(15-5-1)37-26-30-44-48-34-46(42-20-10-11-22-45(42)52(48)55-51(44)32-37)36-24-27-40(28-25-36)53(38-16-6-2-7-17-38)41-29-31-50-47(33-41)43-21-12-13-23-49(43)54(50)39-18-8-3-9-19-39/h1-34H. The number of nitrogens with zero attached hydrogens (tertiary/aromatic N) is 2. The molecular formula is C52H34N2O. The van der Waals surface area contributed by atoms with E-state index in [1.54, 1.807) is 0 Å². The lowest BCUT2D eigenvalue weighted by molar-refractivity contribution is 0.673. The quantitative estimate of drug-likeness (QED) is 0.172. The summed E-state index contributed by atoms with van der Waals surface area (Å²) in [7, 11) is 0. The average molecular weight is 703 g/mol. The molecule has 0 aliphatic carbocycles. The maximum atomic E-state index is 6.64. The van der Waals surface area contributed by atoms with Gasteiger partial charge in [-0.25, -0.2) is 0 Å². The summed E-state index contributed by atoms with van der Waals surface area (Å²) in [5, 5.41) is 6.99. The zero-order valence-corrected chi connectivity index (χ0v) is 29.9. The van der Waals surface area contributed by atoms with E-state index in [9.17, 15) is 0 Å². The Hall–Kier alpha value is -7.36. The summed E-state index contributed by atoms with van der Waals surface area (Å²) < 4.78 is 9.01.